The number of aryl methyl sites for hydroxylation is 1. The summed E-state index contributed by atoms with van der Waals surface area (Å²) in [5.74, 6) is 1.14. The largest absolute Gasteiger partial charge is 0.353 e. The van der Waals surface area contributed by atoms with E-state index in [0.717, 1.165) is 49.8 Å². The van der Waals surface area contributed by atoms with Gasteiger partial charge in [-0.05, 0) is 37.6 Å². The molecule has 0 radical (unpaired) electrons. The number of hydrogen-bond donors (Lipinski definition) is 1. The number of piperazine rings is 1. The van der Waals surface area contributed by atoms with Crippen LogP contribution in [-0.2, 0) is 6.42 Å². The molecule has 132 valence electrons. The molecule has 0 saturated carbocycles. The molecule has 4 rings (SSSR count). The van der Waals surface area contributed by atoms with Gasteiger partial charge in [-0.2, -0.15) is 0 Å². The predicted molar refractivity (Wildman–Crippen MR) is 108 cm³/mol. The maximum absolute atomic E-state index is 5.09. The smallest absolute Gasteiger partial charge is 0.139 e. The molecule has 0 atom stereocenters. The Morgan fingerprint density at radius 2 is 1.92 bits per heavy atom. The van der Waals surface area contributed by atoms with Gasteiger partial charge in [0.05, 0.1) is 16.9 Å². The molecule has 1 aromatic carbocycles. The third-order valence-corrected chi connectivity index (χ3v) is 6.16. The van der Waals surface area contributed by atoms with Gasteiger partial charge in [-0.1, -0.05) is 26.0 Å². The van der Waals surface area contributed by atoms with Gasteiger partial charge in [0.2, 0.25) is 0 Å². The molecule has 1 aromatic heterocycles. The van der Waals surface area contributed by atoms with Crippen molar-refractivity contribution < 1.29 is 0 Å². The molecule has 1 saturated heterocycles. The van der Waals surface area contributed by atoms with Gasteiger partial charge in [-0.15, -0.1) is 11.3 Å². The van der Waals surface area contributed by atoms with Crippen molar-refractivity contribution in [1.29, 1.82) is 0 Å². The van der Waals surface area contributed by atoms with Gasteiger partial charge in [-0.25, -0.2) is 4.99 Å². The summed E-state index contributed by atoms with van der Waals surface area (Å²) in [6, 6.07) is 10.7. The molecule has 2 aliphatic rings. The second-order valence-electron chi connectivity index (χ2n) is 6.72. The number of aliphatic imine (C=N–C) groups is 1. The van der Waals surface area contributed by atoms with Crippen LogP contribution in [0.15, 0.2) is 35.3 Å². The van der Waals surface area contributed by atoms with Crippen LogP contribution in [-0.4, -0.2) is 48.4 Å². The first-order chi connectivity index (χ1) is 12.3. The number of fused-ring (bicyclic) bond motifs is 2. The summed E-state index contributed by atoms with van der Waals surface area (Å²) in [7, 11) is 0. The SMILES string of the molecule is CCCN1CCN(C2=Nc3ccccc3Nc3sc(CC)cc32)CC1. The lowest BCUT2D eigenvalue weighted by Crippen LogP contribution is -2.49. The maximum atomic E-state index is 5.09. The van der Waals surface area contributed by atoms with E-state index in [4.69, 9.17) is 4.99 Å². The first kappa shape index (κ1) is 16.6. The number of hydrogen-bond acceptors (Lipinski definition) is 5. The zero-order valence-corrected chi connectivity index (χ0v) is 15.9. The molecule has 4 nitrogen and oxygen atoms in total. The molecule has 0 amide bonds. The Balaban J connectivity index is 1.69. The highest BCUT2D eigenvalue weighted by molar-refractivity contribution is 7.16. The first-order valence-corrected chi connectivity index (χ1v) is 10.1. The number of nitrogens with one attached hydrogen (secondary N) is 1. The number of thiophene rings is 1. The zero-order chi connectivity index (χ0) is 17.2. The molecular weight excluding hydrogens is 328 g/mol. The Labute approximate surface area is 154 Å². The van der Waals surface area contributed by atoms with E-state index in [9.17, 15) is 0 Å². The van der Waals surface area contributed by atoms with Crippen LogP contribution >= 0.6 is 11.3 Å². The van der Waals surface area contributed by atoms with Crippen molar-refractivity contribution in [1.82, 2.24) is 9.80 Å². The Morgan fingerprint density at radius 1 is 1.12 bits per heavy atom. The van der Waals surface area contributed by atoms with Crippen molar-refractivity contribution in [2.24, 2.45) is 4.99 Å². The van der Waals surface area contributed by atoms with Gasteiger partial charge in [0, 0.05) is 31.1 Å². The van der Waals surface area contributed by atoms with Gasteiger partial charge >= 0.3 is 0 Å². The third-order valence-electron chi connectivity index (χ3n) is 4.96. The summed E-state index contributed by atoms with van der Waals surface area (Å²) >= 11 is 1.86. The summed E-state index contributed by atoms with van der Waals surface area (Å²) in [4.78, 5) is 11.5. The molecule has 1 fully saturated rings. The molecule has 0 spiro atoms. The van der Waals surface area contributed by atoms with E-state index in [1.165, 1.54) is 28.4 Å². The van der Waals surface area contributed by atoms with Crippen LogP contribution in [0.1, 0.15) is 30.7 Å². The van der Waals surface area contributed by atoms with E-state index in [-0.39, 0.29) is 0 Å². The highest BCUT2D eigenvalue weighted by Gasteiger charge is 2.26. The highest BCUT2D eigenvalue weighted by Crippen LogP contribution is 2.39. The van der Waals surface area contributed by atoms with Crippen LogP contribution in [0.25, 0.3) is 0 Å². The molecule has 2 aliphatic heterocycles. The van der Waals surface area contributed by atoms with E-state index in [2.05, 4.69) is 59.3 Å². The molecule has 2 aromatic rings. The first-order valence-electron chi connectivity index (χ1n) is 9.33. The average Bonchev–Trinajstić information content (AvgIpc) is 2.98. The van der Waals surface area contributed by atoms with E-state index in [0.29, 0.717) is 0 Å². The average molecular weight is 355 g/mol. The van der Waals surface area contributed by atoms with Crippen LogP contribution in [0.2, 0.25) is 0 Å². The standard InChI is InChI=1S/C20H26N4S/c1-3-9-23-10-12-24(13-11-23)19-16-14-15(4-2)25-20(16)22-18-8-6-5-7-17(18)21-19/h5-8,14,22H,3-4,9-13H2,1-2H3. The number of amidine groups is 1. The fraction of sp³-hybridized carbons (Fsp3) is 0.450. The number of nitrogens with zero attached hydrogens (tertiary/aromatic N) is 3. The Morgan fingerprint density at radius 3 is 2.68 bits per heavy atom. The Bertz CT molecular complexity index is 772. The monoisotopic (exact) mass is 354 g/mol. The number of rotatable bonds is 3. The van der Waals surface area contributed by atoms with Crippen molar-refractivity contribution in [2.45, 2.75) is 26.7 Å². The quantitative estimate of drug-likeness (QED) is 0.882. The summed E-state index contributed by atoms with van der Waals surface area (Å²) < 4.78 is 0. The minimum Gasteiger partial charge on any atom is -0.353 e. The van der Waals surface area contributed by atoms with Gasteiger partial charge in [-0.3, -0.25) is 4.90 Å². The fourth-order valence-electron chi connectivity index (χ4n) is 3.59. The van der Waals surface area contributed by atoms with Gasteiger partial charge in [0.25, 0.3) is 0 Å². The molecule has 5 heteroatoms. The number of benzene rings is 1. The third kappa shape index (κ3) is 3.31. The van der Waals surface area contributed by atoms with Gasteiger partial charge < -0.3 is 10.2 Å². The molecular formula is C20H26N4S. The number of anilines is 2. The molecule has 25 heavy (non-hydrogen) atoms. The van der Waals surface area contributed by atoms with E-state index in [1.54, 1.807) is 0 Å². The van der Waals surface area contributed by atoms with Crippen LogP contribution < -0.4 is 5.32 Å². The maximum Gasteiger partial charge on any atom is 0.139 e. The van der Waals surface area contributed by atoms with E-state index in [1.807, 2.05) is 11.3 Å². The second-order valence-corrected chi connectivity index (χ2v) is 7.85. The normalized spacial score (nSPS) is 17.4. The van der Waals surface area contributed by atoms with E-state index < -0.39 is 0 Å². The van der Waals surface area contributed by atoms with Crippen LogP contribution in [0.3, 0.4) is 0 Å². The lowest BCUT2D eigenvalue weighted by Gasteiger charge is -2.36. The van der Waals surface area contributed by atoms with Crippen LogP contribution in [0.4, 0.5) is 16.4 Å². The van der Waals surface area contributed by atoms with Crippen molar-refractivity contribution in [3.05, 3.63) is 40.8 Å². The van der Waals surface area contributed by atoms with Gasteiger partial charge in [0.15, 0.2) is 0 Å². The summed E-state index contributed by atoms with van der Waals surface area (Å²) in [5, 5.41) is 4.86. The summed E-state index contributed by atoms with van der Waals surface area (Å²) in [5.41, 5.74) is 3.41. The minimum absolute atomic E-state index is 1.04. The second kappa shape index (κ2) is 7.18. The Hall–Kier alpha value is -1.85. The van der Waals surface area contributed by atoms with Crippen molar-refractivity contribution in [2.75, 3.05) is 38.0 Å². The summed E-state index contributed by atoms with van der Waals surface area (Å²) in [6.07, 6.45) is 2.30. The zero-order valence-electron chi connectivity index (χ0n) is 15.1. The minimum atomic E-state index is 1.04. The predicted octanol–water partition coefficient (Wildman–Crippen LogP) is 4.47. The van der Waals surface area contributed by atoms with Gasteiger partial charge in [0.1, 0.15) is 10.8 Å². The molecule has 3 heterocycles. The highest BCUT2D eigenvalue weighted by atomic mass is 32.1. The van der Waals surface area contributed by atoms with E-state index >= 15 is 0 Å². The lowest BCUT2D eigenvalue weighted by atomic mass is 10.2. The fourth-order valence-corrected chi connectivity index (χ4v) is 4.59. The molecule has 0 bridgehead atoms. The van der Waals surface area contributed by atoms with Crippen molar-refractivity contribution >= 4 is 33.5 Å². The van der Waals surface area contributed by atoms with Crippen LogP contribution in [0, 0.1) is 0 Å². The topological polar surface area (TPSA) is 30.9 Å². The van der Waals surface area contributed by atoms with Crippen molar-refractivity contribution in [3.8, 4) is 0 Å². The molecule has 0 aliphatic carbocycles. The van der Waals surface area contributed by atoms with Crippen molar-refractivity contribution in [3.63, 3.8) is 0 Å². The summed E-state index contributed by atoms with van der Waals surface area (Å²) in [6.45, 7) is 10.0. The number of para-hydroxylation sites is 2. The molecule has 0 unspecified atom stereocenters. The lowest BCUT2D eigenvalue weighted by molar-refractivity contribution is 0.183. The molecule has 1 N–H and O–H groups in total. The van der Waals surface area contributed by atoms with Crippen LogP contribution in [0.5, 0.6) is 0 Å². The Kier molecular flexibility index (Phi) is 4.77.